The summed E-state index contributed by atoms with van der Waals surface area (Å²) in [6.07, 6.45) is 2.94. The van der Waals surface area contributed by atoms with Crippen LogP contribution in [0.15, 0.2) is 0 Å². The van der Waals surface area contributed by atoms with E-state index in [2.05, 4.69) is 12.2 Å². The maximum atomic E-state index is 11.2. The molecule has 0 saturated carbocycles. The monoisotopic (exact) mass is 183 g/mol. The molecule has 0 aliphatic carbocycles. The lowest BCUT2D eigenvalue weighted by Gasteiger charge is -2.35. The Bertz CT molecular complexity index is 211. The van der Waals surface area contributed by atoms with Gasteiger partial charge in [0.1, 0.15) is 0 Å². The zero-order valence-corrected chi connectivity index (χ0v) is 8.14. The molecule has 74 valence electrons. The number of carbonyl (C=O) groups excluding carboxylic acids is 1. The van der Waals surface area contributed by atoms with E-state index in [0.717, 1.165) is 32.6 Å². The van der Waals surface area contributed by atoms with Crippen LogP contribution in [-0.4, -0.2) is 25.7 Å². The van der Waals surface area contributed by atoms with Crippen molar-refractivity contribution in [3.63, 3.8) is 0 Å². The second-order valence-electron chi connectivity index (χ2n) is 4.49. The molecule has 2 saturated heterocycles. The molecule has 3 nitrogen and oxygen atoms in total. The summed E-state index contributed by atoms with van der Waals surface area (Å²) in [4.78, 5) is 11.2. The summed E-state index contributed by atoms with van der Waals surface area (Å²) in [7, 11) is 0. The van der Waals surface area contributed by atoms with Crippen LogP contribution in [0.4, 0.5) is 0 Å². The van der Waals surface area contributed by atoms with E-state index in [9.17, 15) is 4.79 Å². The van der Waals surface area contributed by atoms with Gasteiger partial charge in [0.2, 0.25) is 5.91 Å². The highest BCUT2D eigenvalue weighted by atomic mass is 16.5. The van der Waals surface area contributed by atoms with E-state index in [4.69, 9.17) is 4.74 Å². The van der Waals surface area contributed by atoms with Gasteiger partial charge in [-0.15, -0.1) is 0 Å². The Morgan fingerprint density at radius 2 is 2.15 bits per heavy atom. The number of hydrogen-bond acceptors (Lipinski definition) is 2. The Morgan fingerprint density at radius 1 is 1.46 bits per heavy atom. The van der Waals surface area contributed by atoms with Gasteiger partial charge in [-0.1, -0.05) is 6.92 Å². The van der Waals surface area contributed by atoms with E-state index in [-0.39, 0.29) is 11.3 Å². The van der Waals surface area contributed by atoms with Gasteiger partial charge in [-0.25, -0.2) is 0 Å². The summed E-state index contributed by atoms with van der Waals surface area (Å²) in [5.41, 5.74) is 0.195. The largest absolute Gasteiger partial charge is 0.381 e. The van der Waals surface area contributed by atoms with Crippen molar-refractivity contribution in [3.8, 4) is 0 Å². The van der Waals surface area contributed by atoms with Crippen LogP contribution in [-0.2, 0) is 9.53 Å². The molecule has 0 spiro atoms. The van der Waals surface area contributed by atoms with Crippen LogP contribution in [0.2, 0.25) is 0 Å². The van der Waals surface area contributed by atoms with E-state index < -0.39 is 0 Å². The first-order valence-electron chi connectivity index (χ1n) is 5.05. The second kappa shape index (κ2) is 3.29. The van der Waals surface area contributed by atoms with Crippen molar-refractivity contribution in [3.05, 3.63) is 0 Å². The molecule has 13 heavy (non-hydrogen) atoms. The van der Waals surface area contributed by atoms with Crippen LogP contribution >= 0.6 is 0 Å². The first kappa shape index (κ1) is 9.00. The fourth-order valence-electron chi connectivity index (χ4n) is 2.48. The van der Waals surface area contributed by atoms with Crippen LogP contribution in [0.25, 0.3) is 0 Å². The fourth-order valence-corrected chi connectivity index (χ4v) is 2.48. The molecule has 0 aromatic carbocycles. The van der Waals surface area contributed by atoms with Crippen LogP contribution < -0.4 is 5.32 Å². The molecule has 2 rings (SSSR count). The first-order chi connectivity index (χ1) is 6.21. The van der Waals surface area contributed by atoms with Gasteiger partial charge in [0.25, 0.3) is 0 Å². The number of rotatable bonds is 1. The van der Waals surface area contributed by atoms with Crippen molar-refractivity contribution in [1.29, 1.82) is 0 Å². The Kier molecular flexibility index (Phi) is 2.28. The van der Waals surface area contributed by atoms with Crippen molar-refractivity contribution < 1.29 is 9.53 Å². The number of ether oxygens (including phenoxy) is 1. The molecular formula is C10H17NO2. The highest BCUT2D eigenvalue weighted by molar-refractivity contribution is 5.79. The predicted molar refractivity (Wildman–Crippen MR) is 49.3 cm³/mol. The molecular weight excluding hydrogens is 166 g/mol. The third-order valence-electron chi connectivity index (χ3n) is 3.46. The van der Waals surface area contributed by atoms with Crippen molar-refractivity contribution in [2.75, 3.05) is 19.8 Å². The number of hydrogen-bond donors (Lipinski definition) is 1. The molecule has 0 bridgehead atoms. The van der Waals surface area contributed by atoms with E-state index in [0.29, 0.717) is 12.3 Å². The molecule has 1 amide bonds. The minimum absolute atomic E-state index is 0.195. The van der Waals surface area contributed by atoms with E-state index >= 15 is 0 Å². The Hall–Kier alpha value is -0.570. The Labute approximate surface area is 78.8 Å². The molecule has 2 aliphatic heterocycles. The fraction of sp³-hybridized carbons (Fsp3) is 0.900. The van der Waals surface area contributed by atoms with Crippen molar-refractivity contribution >= 4 is 5.91 Å². The smallest absolute Gasteiger partial charge is 0.220 e. The van der Waals surface area contributed by atoms with Gasteiger partial charge < -0.3 is 10.1 Å². The Morgan fingerprint density at radius 3 is 2.69 bits per heavy atom. The summed E-state index contributed by atoms with van der Waals surface area (Å²) in [5.74, 6) is 0.884. The van der Waals surface area contributed by atoms with E-state index in [1.807, 2.05) is 0 Å². The third kappa shape index (κ3) is 1.70. The summed E-state index contributed by atoms with van der Waals surface area (Å²) < 4.78 is 5.33. The SMILES string of the molecule is CC1(C2CCOCC2)CNC(=O)C1. The lowest BCUT2D eigenvalue weighted by atomic mass is 9.72. The van der Waals surface area contributed by atoms with Gasteiger partial charge in [0.15, 0.2) is 0 Å². The van der Waals surface area contributed by atoms with Gasteiger partial charge in [0.05, 0.1) is 0 Å². The van der Waals surface area contributed by atoms with E-state index in [1.165, 1.54) is 0 Å². The summed E-state index contributed by atoms with van der Waals surface area (Å²) in [6, 6.07) is 0. The zero-order chi connectivity index (χ0) is 9.31. The van der Waals surface area contributed by atoms with Crippen molar-refractivity contribution in [2.45, 2.75) is 26.2 Å². The standard InChI is InChI=1S/C10H17NO2/c1-10(6-9(12)11-7-10)8-2-4-13-5-3-8/h8H,2-7H2,1H3,(H,11,12). The predicted octanol–water partition coefficient (Wildman–Crippen LogP) is 0.939. The molecule has 0 aromatic rings. The van der Waals surface area contributed by atoms with Gasteiger partial charge >= 0.3 is 0 Å². The molecule has 2 aliphatic rings. The van der Waals surface area contributed by atoms with Gasteiger partial charge in [0, 0.05) is 26.2 Å². The molecule has 0 radical (unpaired) electrons. The highest BCUT2D eigenvalue weighted by Gasteiger charge is 2.41. The van der Waals surface area contributed by atoms with Crippen LogP contribution in [0, 0.1) is 11.3 Å². The topological polar surface area (TPSA) is 38.3 Å². The average molecular weight is 183 g/mol. The number of nitrogens with one attached hydrogen (secondary N) is 1. The first-order valence-corrected chi connectivity index (χ1v) is 5.05. The minimum atomic E-state index is 0.195. The number of amides is 1. The van der Waals surface area contributed by atoms with Gasteiger partial charge in [-0.2, -0.15) is 0 Å². The quantitative estimate of drug-likeness (QED) is 0.657. The second-order valence-corrected chi connectivity index (χ2v) is 4.49. The van der Waals surface area contributed by atoms with Crippen LogP contribution in [0.5, 0.6) is 0 Å². The minimum Gasteiger partial charge on any atom is -0.381 e. The molecule has 1 unspecified atom stereocenters. The maximum Gasteiger partial charge on any atom is 0.220 e. The zero-order valence-electron chi connectivity index (χ0n) is 8.14. The molecule has 2 fully saturated rings. The normalized spacial score (nSPS) is 36.2. The number of carbonyl (C=O) groups is 1. The van der Waals surface area contributed by atoms with Crippen LogP contribution in [0.3, 0.4) is 0 Å². The average Bonchev–Trinajstić information content (AvgIpc) is 2.49. The van der Waals surface area contributed by atoms with E-state index in [1.54, 1.807) is 0 Å². The molecule has 1 N–H and O–H groups in total. The highest BCUT2D eigenvalue weighted by Crippen LogP contribution is 2.39. The summed E-state index contributed by atoms with van der Waals surface area (Å²) >= 11 is 0. The third-order valence-corrected chi connectivity index (χ3v) is 3.46. The lowest BCUT2D eigenvalue weighted by Crippen LogP contribution is -2.34. The van der Waals surface area contributed by atoms with Crippen molar-refractivity contribution in [1.82, 2.24) is 5.32 Å². The van der Waals surface area contributed by atoms with Crippen molar-refractivity contribution in [2.24, 2.45) is 11.3 Å². The Balaban J connectivity index is 2.01. The van der Waals surface area contributed by atoms with Gasteiger partial charge in [-0.3, -0.25) is 4.79 Å². The van der Waals surface area contributed by atoms with Crippen LogP contribution in [0.1, 0.15) is 26.2 Å². The lowest BCUT2D eigenvalue weighted by molar-refractivity contribution is -0.120. The molecule has 2 heterocycles. The maximum absolute atomic E-state index is 11.2. The summed E-state index contributed by atoms with van der Waals surface area (Å²) in [5, 5.41) is 2.93. The summed E-state index contributed by atoms with van der Waals surface area (Å²) in [6.45, 7) is 4.82. The molecule has 1 atom stereocenters. The van der Waals surface area contributed by atoms with Gasteiger partial charge in [-0.05, 0) is 24.2 Å². The molecule has 3 heteroatoms. The molecule has 0 aromatic heterocycles.